The van der Waals surface area contributed by atoms with Crippen LogP contribution in [0, 0.1) is 0 Å². The molecule has 25 heavy (non-hydrogen) atoms. The molecule has 1 fully saturated rings. The minimum absolute atomic E-state index is 0.169. The van der Waals surface area contributed by atoms with Gasteiger partial charge in [0.05, 0.1) is 11.7 Å². The van der Waals surface area contributed by atoms with E-state index in [0.29, 0.717) is 29.6 Å². The Hall–Kier alpha value is -2.80. The van der Waals surface area contributed by atoms with Crippen LogP contribution in [0.25, 0.3) is 21.3 Å². The van der Waals surface area contributed by atoms with Gasteiger partial charge in [0.2, 0.25) is 11.8 Å². The minimum Gasteiger partial charge on any atom is -0.289 e. The number of amides is 2. The molecule has 6 nitrogen and oxygen atoms in total. The SMILES string of the molecule is O=C1CCCN1C(=O)Cn1cnc2scc(-c3ccccc3)c2c1=O. The molecule has 2 aromatic heterocycles. The summed E-state index contributed by atoms with van der Waals surface area (Å²) in [5.74, 6) is -0.533. The van der Waals surface area contributed by atoms with Gasteiger partial charge in [0, 0.05) is 23.9 Å². The summed E-state index contributed by atoms with van der Waals surface area (Å²) in [4.78, 5) is 43.1. The highest BCUT2D eigenvalue weighted by Gasteiger charge is 2.26. The fourth-order valence-corrected chi connectivity index (χ4v) is 3.96. The Morgan fingerprint density at radius 3 is 2.72 bits per heavy atom. The molecule has 0 radical (unpaired) electrons. The van der Waals surface area contributed by atoms with Crippen LogP contribution in [0.1, 0.15) is 12.8 Å². The summed E-state index contributed by atoms with van der Waals surface area (Å²) in [6, 6.07) is 9.62. The lowest BCUT2D eigenvalue weighted by Gasteiger charge is -2.14. The molecule has 2 amide bonds. The molecule has 0 aliphatic carbocycles. The van der Waals surface area contributed by atoms with E-state index in [4.69, 9.17) is 0 Å². The third-order valence-electron chi connectivity index (χ3n) is 4.33. The van der Waals surface area contributed by atoms with E-state index in [9.17, 15) is 14.4 Å². The van der Waals surface area contributed by atoms with Crippen molar-refractivity contribution in [2.24, 2.45) is 0 Å². The first-order valence-corrected chi connectivity index (χ1v) is 8.88. The van der Waals surface area contributed by atoms with E-state index >= 15 is 0 Å². The molecule has 7 heteroatoms. The fraction of sp³-hybridized carbons (Fsp3) is 0.222. The second kappa shape index (κ2) is 6.25. The molecule has 4 rings (SSSR count). The Kier molecular flexibility index (Phi) is 3.93. The molecule has 126 valence electrons. The molecule has 1 aliphatic rings. The van der Waals surface area contributed by atoms with Crippen molar-refractivity contribution in [1.82, 2.24) is 14.5 Å². The van der Waals surface area contributed by atoms with Crippen LogP contribution in [0.15, 0.2) is 46.8 Å². The Morgan fingerprint density at radius 2 is 2.00 bits per heavy atom. The molecule has 0 unspecified atom stereocenters. The Morgan fingerprint density at radius 1 is 1.20 bits per heavy atom. The van der Waals surface area contributed by atoms with Crippen LogP contribution in [0.2, 0.25) is 0 Å². The number of nitrogens with zero attached hydrogens (tertiary/aromatic N) is 3. The Bertz CT molecular complexity index is 1020. The van der Waals surface area contributed by atoms with Gasteiger partial charge >= 0.3 is 0 Å². The van der Waals surface area contributed by atoms with Crippen molar-refractivity contribution in [3.8, 4) is 11.1 Å². The topological polar surface area (TPSA) is 72.3 Å². The molecular formula is C18H15N3O3S. The van der Waals surface area contributed by atoms with Crippen LogP contribution in [0.5, 0.6) is 0 Å². The van der Waals surface area contributed by atoms with Gasteiger partial charge in [-0.05, 0) is 12.0 Å². The lowest BCUT2D eigenvalue weighted by atomic mass is 10.1. The van der Waals surface area contributed by atoms with Gasteiger partial charge in [-0.1, -0.05) is 30.3 Å². The summed E-state index contributed by atoms with van der Waals surface area (Å²) in [5.41, 5.74) is 1.49. The quantitative estimate of drug-likeness (QED) is 0.724. The zero-order valence-electron chi connectivity index (χ0n) is 13.3. The van der Waals surface area contributed by atoms with E-state index in [1.54, 1.807) is 0 Å². The van der Waals surface area contributed by atoms with Crippen LogP contribution in [-0.4, -0.2) is 32.8 Å². The molecule has 1 aliphatic heterocycles. The maximum atomic E-state index is 12.9. The summed E-state index contributed by atoms with van der Waals surface area (Å²) in [6.07, 6.45) is 2.45. The second-order valence-electron chi connectivity index (χ2n) is 5.92. The van der Waals surface area contributed by atoms with Gasteiger partial charge in [-0.15, -0.1) is 11.3 Å². The highest BCUT2D eigenvalue weighted by atomic mass is 32.1. The predicted octanol–water partition coefficient (Wildman–Crippen LogP) is 2.27. The van der Waals surface area contributed by atoms with Gasteiger partial charge < -0.3 is 0 Å². The highest BCUT2D eigenvalue weighted by molar-refractivity contribution is 7.17. The van der Waals surface area contributed by atoms with E-state index in [-0.39, 0.29) is 23.9 Å². The van der Waals surface area contributed by atoms with E-state index in [1.165, 1.54) is 27.1 Å². The Balaban J connectivity index is 1.74. The number of rotatable bonds is 3. The summed E-state index contributed by atoms with van der Waals surface area (Å²) >= 11 is 1.40. The molecule has 0 atom stereocenters. The maximum absolute atomic E-state index is 12.9. The van der Waals surface area contributed by atoms with Crippen LogP contribution in [-0.2, 0) is 16.1 Å². The molecule has 0 spiro atoms. The number of likely N-dealkylation sites (tertiary alicyclic amines) is 1. The summed E-state index contributed by atoms with van der Waals surface area (Å²) in [5, 5.41) is 2.42. The average Bonchev–Trinajstić information content (AvgIpc) is 3.24. The van der Waals surface area contributed by atoms with E-state index in [0.717, 1.165) is 11.1 Å². The van der Waals surface area contributed by atoms with Crippen LogP contribution >= 0.6 is 11.3 Å². The summed E-state index contributed by atoms with van der Waals surface area (Å²) < 4.78 is 1.29. The average molecular weight is 353 g/mol. The maximum Gasteiger partial charge on any atom is 0.263 e. The van der Waals surface area contributed by atoms with Gasteiger partial charge in [0.15, 0.2) is 0 Å². The lowest BCUT2D eigenvalue weighted by Crippen LogP contribution is -2.37. The largest absolute Gasteiger partial charge is 0.289 e. The number of aromatic nitrogens is 2. The first kappa shape index (κ1) is 15.7. The van der Waals surface area contributed by atoms with Crippen molar-refractivity contribution in [3.05, 3.63) is 52.4 Å². The third kappa shape index (κ3) is 2.76. The first-order chi connectivity index (χ1) is 12.1. The highest BCUT2D eigenvalue weighted by Crippen LogP contribution is 2.30. The van der Waals surface area contributed by atoms with Crippen molar-refractivity contribution in [1.29, 1.82) is 0 Å². The molecular weight excluding hydrogens is 338 g/mol. The fourth-order valence-electron chi connectivity index (χ4n) is 3.05. The van der Waals surface area contributed by atoms with E-state index in [1.807, 2.05) is 35.7 Å². The second-order valence-corrected chi connectivity index (χ2v) is 6.77. The summed E-state index contributed by atoms with van der Waals surface area (Å²) in [7, 11) is 0. The molecule has 1 aromatic carbocycles. The Labute approximate surface area is 147 Å². The van der Waals surface area contributed by atoms with Crippen LogP contribution in [0.3, 0.4) is 0 Å². The molecule has 0 N–H and O–H groups in total. The van der Waals surface area contributed by atoms with Gasteiger partial charge in [0.25, 0.3) is 5.56 Å². The number of carbonyl (C=O) groups excluding carboxylic acids is 2. The van der Waals surface area contributed by atoms with E-state index < -0.39 is 0 Å². The van der Waals surface area contributed by atoms with Crippen molar-refractivity contribution in [2.75, 3.05) is 6.54 Å². The van der Waals surface area contributed by atoms with Gasteiger partial charge in [-0.2, -0.15) is 0 Å². The zero-order valence-corrected chi connectivity index (χ0v) is 14.2. The van der Waals surface area contributed by atoms with Crippen molar-refractivity contribution < 1.29 is 9.59 Å². The van der Waals surface area contributed by atoms with Crippen molar-refractivity contribution in [3.63, 3.8) is 0 Å². The number of thiophene rings is 1. The van der Waals surface area contributed by atoms with Gasteiger partial charge in [-0.3, -0.25) is 23.9 Å². The standard InChI is InChI=1S/C18H15N3O3S/c22-14-7-4-8-21(14)15(23)9-20-11-19-17-16(18(20)24)13(10-25-17)12-5-2-1-3-6-12/h1-3,5-6,10-11H,4,7-9H2. The van der Waals surface area contributed by atoms with Crippen molar-refractivity contribution >= 4 is 33.4 Å². The monoisotopic (exact) mass is 353 g/mol. The van der Waals surface area contributed by atoms with E-state index in [2.05, 4.69) is 4.98 Å². The molecule has 0 bridgehead atoms. The number of hydrogen-bond acceptors (Lipinski definition) is 5. The lowest BCUT2D eigenvalue weighted by molar-refractivity contribution is -0.142. The molecule has 3 heterocycles. The normalized spacial score (nSPS) is 14.4. The van der Waals surface area contributed by atoms with Crippen LogP contribution < -0.4 is 5.56 Å². The molecule has 3 aromatic rings. The number of imide groups is 1. The zero-order chi connectivity index (χ0) is 17.4. The smallest absolute Gasteiger partial charge is 0.263 e. The first-order valence-electron chi connectivity index (χ1n) is 8.00. The predicted molar refractivity (Wildman–Crippen MR) is 95.3 cm³/mol. The minimum atomic E-state index is -0.359. The molecule has 1 saturated heterocycles. The number of carbonyl (C=O) groups is 2. The number of benzene rings is 1. The molecule has 0 saturated carbocycles. The van der Waals surface area contributed by atoms with Gasteiger partial charge in [0.1, 0.15) is 11.4 Å². The third-order valence-corrected chi connectivity index (χ3v) is 5.21. The van der Waals surface area contributed by atoms with Crippen LogP contribution in [0.4, 0.5) is 0 Å². The summed E-state index contributed by atoms with van der Waals surface area (Å²) in [6.45, 7) is 0.257. The van der Waals surface area contributed by atoms with Gasteiger partial charge in [-0.25, -0.2) is 4.98 Å². The van der Waals surface area contributed by atoms with Crippen molar-refractivity contribution in [2.45, 2.75) is 19.4 Å². The number of hydrogen-bond donors (Lipinski definition) is 0. The number of fused-ring (bicyclic) bond motifs is 1.